The van der Waals surface area contributed by atoms with Crippen LogP contribution < -0.4 is 4.74 Å². The number of hydrogen-bond acceptors (Lipinski definition) is 3. The summed E-state index contributed by atoms with van der Waals surface area (Å²) in [6.45, 7) is 4.13. The Balaban J connectivity index is 2.15. The molecule has 0 aliphatic rings. The van der Waals surface area contributed by atoms with Crippen molar-refractivity contribution < 1.29 is 14.3 Å². The summed E-state index contributed by atoms with van der Waals surface area (Å²) in [5.41, 5.74) is 1.00. The van der Waals surface area contributed by atoms with Crippen molar-refractivity contribution in [1.82, 2.24) is 4.57 Å². The van der Waals surface area contributed by atoms with Crippen LogP contribution in [0.1, 0.15) is 20.3 Å². The highest BCUT2D eigenvalue weighted by atomic mass is 16.5. The van der Waals surface area contributed by atoms with Gasteiger partial charge in [0.1, 0.15) is 12.3 Å². The fraction of sp³-hybridized carbons (Fsp3) is 0.400. The fourth-order valence-electron chi connectivity index (χ4n) is 1.93. The third-order valence-corrected chi connectivity index (χ3v) is 3.19. The van der Waals surface area contributed by atoms with Gasteiger partial charge in [-0.1, -0.05) is 6.92 Å². The smallest absolute Gasteiger partial charge is 0.326 e. The first-order chi connectivity index (χ1) is 9.13. The number of methoxy groups -OCH3 is 1. The average molecular weight is 261 g/mol. The maximum Gasteiger partial charge on any atom is 0.326 e. The van der Waals surface area contributed by atoms with Gasteiger partial charge in [0.05, 0.1) is 13.2 Å². The highest BCUT2D eigenvalue weighted by molar-refractivity contribution is 5.83. The number of benzene rings is 1. The number of nitrogens with zero attached hydrogens (tertiary/aromatic N) is 1. The van der Waals surface area contributed by atoms with E-state index >= 15 is 0 Å². The number of esters is 1. The highest BCUT2D eigenvalue weighted by Gasteiger charge is 2.10. The second-order valence-electron chi connectivity index (χ2n) is 4.58. The molecule has 0 amide bonds. The molecule has 2 aromatic rings. The molecule has 0 aliphatic carbocycles. The summed E-state index contributed by atoms with van der Waals surface area (Å²) in [5, 5.41) is 1.05. The van der Waals surface area contributed by atoms with Crippen LogP contribution >= 0.6 is 0 Å². The Morgan fingerprint density at radius 3 is 2.84 bits per heavy atom. The zero-order valence-corrected chi connectivity index (χ0v) is 11.6. The molecular weight excluding hydrogens is 242 g/mol. The van der Waals surface area contributed by atoms with Gasteiger partial charge in [-0.15, -0.1) is 0 Å². The number of carbonyl (C=O) groups excluding carboxylic acids is 1. The number of ether oxygens (including phenoxy) is 2. The molecule has 0 saturated heterocycles. The predicted octanol–water partition coefficient (Wildman–Crippen LogP) is 2.99. The molecule has 0 N–H and O–H groups in total. The minimum absolute atomic E-state index is 0.0329. The molecule has 1 aromatic heterocycles. The Hall–Kier alpha value is -1.97. The lowest BCUT2D eigenvalue weighted by Crippen LogP contribution is -2.18. The fourth-order valence-corrected chi connectivity index (χ4v) is 1.93. The minimum atomic E-state index is -0.206. The lowest BCUT2D eigenvalue weighted by molar-refractivity contribution is -0.148. The van der Waals surface area contributed by atoms with Crippen molar-refractivity contribution in [1.29, 1.82) is 0 Å². The van der Waals surface area contributed by atoms with Gasteiger partial charge in [-0.05, 0) is 37.6 Å². The first-order valence-electron chi connectivity index (χ1n) is 6.46. The molecule has 0 aliphatic heterocycles. The summed E-state index contributed by atoms with van der Waals surface area (Å²) < 4.78 is 12.3. The van der Waals surface area contributed by atoms with Crippen molar-refractivity contribution in [2.45, 2.75) is 32.9 Å². The van der Waals surface area contributed by atoms with Gasteiger partial charge in [-0.25, -0.2) is 0 Å². The van der Waals surface area contributed by atoms with Crippen LogP contribution in [-0.2, 0) is 16.1 Å². The van der Waals surface area contributed by atoms with Crippen LogP contribution in [0.5, 0.6) is 5.75 Å². The molecule has 0 fully saturated rings. The molecule has 4 nitrogen and oxygen atoms in total. The van der Waals surface area contributed by atoms with Crippen molar-refractivity contribution in [3.63, 3.8) is 0 Å². The van der Waals surface area contributed by atoms with E-state index in [1.807, 2.05) is 48.9 Å². The van der Waals surface area contributed by atoms with Crippen LogP contribution in [0.15, 0.2) is 30.5 Å². The van der Waals surface area contributed by atoms with Crippen LogP contribution in [-0.4, -0.2) is 23.8 Å². The van der Waals surface area contributed by atoms with Crippen LogP contribution in [0.3, 0.4) is 0 Å². The Bertz CT molecular complexity index is 574. The molecule has 0 bridgehead atoms. The number of carbonyl (C=O) groups is 1. The van der Waals surface area contributed by atoms with Gasteiger partial charge in [0.25, 0.3) is 0 Å². The van der Waals surface area contributed by atoms with E-state index in [-0.39, 0.29) is 18.6 Å². The number of hydrogen-bond donors (Lipinski definition) is 0. The minimum Gasteiger partial charge on any atom is -0.497 e. The largest absolute Gasteiger partial charge is 0.497 e. The summed E-state index contributed by atoms with van der Waals surface area (Å²) in [4.78, 5) is 11.8. The number of rotatable bonds is 5. The van der Waals surface area contributed by atoms with Crippen LogP contribution in [0.25, 0.3) is 10.9 Å². The molecule has 4 heteroatoms. The van der Waals surface area contributed by atoms with Crippen LogP contribution in [0.4, 0.5) is 0 Å². The molecule has 102 valence electrons. The van der Waals surface area contributed by atoms with Gasteiger partial charge in [-0.2, -0.15) is 0 Å². The summed E-state index contributed by atoms with van der Waals surface area (Å²) in [7, 11) is 1.64. The van der Waals surface area contributed by atoms with Gasteiger partial charge in [0, 0.05) is 17.1 Å². The number of aromatic nitrogens is 1. The molecule has 1 unspecified atom stereocenters. The molecule has 0 radical (unpaired) electrons. The Labute approximate surface area is 112 Å². The maximum atomic E-state index is 11.8. The van der Waals surface area contributed by atoms with E-state index in [1.54, 1.807) is 7.11 Å². The lowest BCUT2D eigenvalue weighted by atomic mass is 10.2. The van der Waals surface area contributed by atoms with E-state index in [1.165, 1.54) is 0 Å². The third-order valence-electron chi connectivity index (χ3n) is 3.19. The summed E-state index contributed by atoms with van der Waals surface area (Å²) in [5.74, 6) is 0.607. The molecule has 0 saturated carbocycles. The van der Waals surface area contributed by atoms with E-state index in [0.29, 0.717) is 0 Å². The Morgan fingerprint density at radius 1 is 1.37 bits per heavy atom. The Morgan fingerprint density at radius 2 is 2.16 bits per heavy atom. The van der Waals surface area contributed by atoms with Gasteiger partial charge in [0.2, 0.25) is 0 Å². The van der Waals surface area contributed by atoms with Gasteiger partial charge in [0.15, 0.2) is 0 Å². The lowest BCUT2D eigenvalue weighted by Gasteiger charge is -2.11. The summed E-state index contributed by atoms with van der Waals surface area (Å²) in [6.07, 6.45) is 2.69. The van der Waals surface area contributed by atoms with E-state index in [4.69, 9.17) is 9.47 Å². The first-order valence-corrected chi connectivity index (χ1v) is 6.46. The van der Waals surface area contributed by atoms with Gasteiger partial charge < -0.3 is 14.0 Å². The predicted molar refractivity (Wildman–Crippen MR) is 74.3 cm³/mol. The monoisotopic (exact) mass is 261 g/mol. The standard InChI is InChI=1S/C15H19NO3/c1-4-11(2)19-15(17)10-16-8-7-12-9-13(18-3)5-6-14(12)16/h5-9,11H,4,10H2,1-3H3. The normalized spacial score (nSPS) is 12.4. The van der Waals surface area contributed by atoms with Crippen molar-refractivity contribution >= 4 is 16.9 Å². The second-order valence-corrected chi connectivity index (χ2v) is 4.58. The quantitative estimate of drug-likeness (QED) is 0.777. The maximum absolute atomic E-state index is 11.8. The summed E-state index contributed by atoms with van der Waals surface area (Å²) >= 11 is 0. The van der Waals surface area contributed by atoms with Crippen LogP contribution in [0, 0.1) is 0 Å². The third kappa shape index (κ3) is 3.08. The van der Waals surface area contributed by atoms with E-state index < -0.39 is 0 Å². The Kier molecular flexibility index (Phi) is 4.10. The van der Waals surface area contributed by atoms with Crippen molar-refractivity contribution in [2.75, 3.05) is 7.11 Å². The van der Waals surface area contributed by atoms with Gasteiger partial charge in [-0.3, -0.25) is 4.79 Å². The average Bonchev–Trinajstić information content (AvgIpc) is 2.80. The molecule has 2 rings (SSSR count). The molecular formula is C15H19NO3. The van der Waals surface area contributed by atoms with Crippen LogP contribution in [0.2, 0.25) is 0 Å². The topological polar surface area (TPSA) is 40.5 Å². The highest BCUT2D eigenvalue weighted by Crippen LogP contribution is 2.21. The molecule has 1 heterocycles. The van der Waals surface area contributed by atoms with Crippen molar-refractivity contribution in [3.05, 3.63) is 30.5 Å². The molecule has 1 atom stereocenters. The molecule has 1 aromatic carbocycles. The van der Waals surface area contributed by atoms with Crippen molar-refractivity contribution in [3.8, 4) is 5.75 Å². The number of fused-ring (bicyclic) bond motifs is 1. The van der Waals surface area contributed by atoms with Gasteiger partial charge >= 0.3 is 5.97 Å². The molecule has 0 spiro atoms. The second kappa shape index (κ2) is 5.78. The van der Waals surface area contributed by atoms with E-state index in [9.17, 15) is 4.79 Å². The first kappa shape index (κ1) is 13.5. The van der Waals surface area contributed by atoms with Crippen molar-refractivity contribution in [2.24, 2.45) is 0 Å². The van der Waals surface area contributed by atoms with E-state index in [0.717, 1.165) is 23.1 Å². The van der Waals surface area contributed by atoms with E-state index in [2.05, 4.69) is 0 Å². The summed E-state index contributed by atoms with van der Waals surface area (Å²) in [6, 6.07) is 7.75. The zero-order chi connectivity index (χ0) is 13.8. The SMILES string of the molecule is CCC(C)OC(=O)Cn1ccc2cc(OC)ccc21. The molecule has 19 heavy (non-hydrogen) atoms. The zero-order valence-electron chi connectivity index (χ0n) is 11.6.